The summed E-state index contributed by atoms with van der Waals surface area (Å²) >= 11 is 0. The van der Waals surface area contributed by atoms with E-state index in [2.05, 4.69) is 39.0 Å². The van der Waals surface area contributed by atoms with Crippen molar-refractivity contribution in [2.45, 2.75) is 39.0 Å². The van der Waals surface area contributed by atoms with Crippen LogP contribution in [-0.2, 0) is 5.41 Å². The Kier molecular flexibility index (Phi) is 1.54. The van der Waals surface area contributed by atoms with E-state index >= 15 is 0 Å². The zero-order valence-corrected chi connectivity index (χ0v) is 8.15. The van der Waals surface area contributed by atoms with Gasteiger partial charge in [-0.15, -0.1) is 0 Å². The molecule has 12 heavy (non-hydrogen) atoms. The van der Waals surface area contributed by atoms with Crippen molar-refractivity contribution in [3.05, 3.63) is 34.9 Å². The van der Waals surface area contributed by atoms with Crippen molar-refractivity contribution in [3.63, 3.8) is 0 Å². The monoisotopic (exact) mass is 160 g/mol. The minimum absolute atomic E-state index is 0.524. The van der Waals surface area contributed by atoms with Gasteiger partial charge in [-0.2, -0.15) is 0 Å². The average molecular weight is 160 g/mol. The zero-order chi connectivity index (χ0) is 8.77. The molecule has 0 unspecified atom stereocenters. The molecule has 0 atom stereocenters. The van der Waals surface area contributed by atoms with Gasteiger partial charge < -0.3 is 0 Å². The Morgan fingerprint density at radius 1 is 1.17 bits per heavy atom. The second-order valence-corrected chi connectivity index (χ2v) is 4.31. The third-order valence-electron chi connectivity index (χ3n) is 3.25. The highest BCUT2D eigenvalue weighted by atomic mass is 14.4. The second-order valence-electron chi connectivity index (χ2n) is 4.31. The number of hydrogen-bond donors (Lipinski definition) is 0. The first-order valence-electron chi connectivity index (χ1n) is 4.70. The molecule has 0 heteroatoms. The first kappa shape index (κ1) is 7.85. The molecule has 0 aliphatic heterocycles. The Morgan fingerprint density at radius 2 is 1.83 bits per heavy atom. The first-order valence-corrected chi connectivity index (χ1v) is 4.70. The predicted octanol–water partition coefficient (Wildman–Crippen LogP) is 3.35. The van der Waals surface area contributed by atoms with Crippen molar-refractivity contribution in [2.24, 2.45) is 0 Å². The van der Waals surface area contributed by atoms with E-state index in [0.717, 1.165) is 0 Å². The number of rotatable bonds is 1. The largest absolute Gasteiger partial charge is 0.0617 e. The van der Waals surface area contributed by atoms with Crippen molar-refractivity contribution < 1.29 is 0 Å². The lowest BCUT2D eigenvalue weighted by atomic mass is 9.91. The number of aryl methyl sites for hydroxylation is 1. The highest BCUT2D eigenvalue weighted by Gasteiger charge is 2.39. The second kappa shape index (κ2) is 2.35. The molecule has 1 fully saturated rings. The highest BCUT2D eigenvalue weighted by Crippen LogP contribution is 2.48. The fraction of sp³-hybridized carbons (Fsp3) is 0.500. The lowest BCUT2D eigenvalue weighted by molar-refractivity contribution is 0.777. The van der Waals surface area contributed by atoms with Crippen molar-refractivity contribution >= 4 is 0 Å². The summed E-state index contributed by atoms with van der Waals surface area (Å²) in [5.74, 6) is 0. The van der Waals surface area contributed by atoms with Crippen LogP contribution in [0.15, 0.2) is 18.2 Å². The fourth-order valence-electron chi connectivity index (χ4n) is 1.86. The molecule has 0 heterocycles. The molecule has 0 spiro atoms. The molecule has 0 bridgehead atoms. The van der Waals surface area contributed by atoms with E-state index in [1.165, 1.54) is 24.0 Å². The van der Waals surface area contributed by atoms with Crippen LogP contribution in [0.2, 0.25) is 0 Å². The van der Waals surface area contributed by atoms with Gasteiger partial charge in [-0.05, 0) is 48.8 Å². The van der Waals surface area contributed by atoms with Crippen LogP contribution in [-0.4, -0.2) is 0 Å². The Hall–Kier alpha value is -0.780. The highest BCUT2D eigenvalue weighted by molar-refractivity contribution is 5.41. The van der Waals surface area contributed by atoms with Crippen LogP contribution in [0, 0.1) is 13.8 Å². The fourth-order valence-corrected chi connectivity index (χ4v) is 1.86. The molecule has 1 aromatic rings. The van der Waals surface area contributed by atoms with Crippen molar-refractivity contribution in [1.82, 2.24) is 0 Å². The molecule has 0 N–H and O–H groups in total. The van der Waals surface area contributed by atoms with Gasteiger partial charge in [0.1, 0.15) is 0 Å². The maximum absolute atomic E-state index is 2.37. The number of benzene rings is 1. The molecule has 2 rings (SSSR count). The van der Waals surface area contributed by atoms with E-state index in [1.807, 2.05) is 0 Å². The van der Waals surface area contributed by atoms with Crippen LogP contribution in [0.3, 0.4) is 0 Å². The van der Waals surface area contributed by atoms with Crippen LogP contribution in [0.5, 0.6) is 0 Å². The lowest BCUT2D eigenvalue weighted by Gasteiger charge is -2.13. The predicted molar refractivity (Wildman–Crippen MR) is 52.5 cm³/mol. The molecule has 0 nitrogen and oxygen atoms in total. The molecule has 1 aliphatic rings. The van der Waals surface area contributed by atoms with Gasteiger partial charge in [0.2, 0.25) is 0 Å². The number of hydrogen-bond acceptors (Lipinski definition) is 0. The van der Waals surface area contributed by atoms with Crippen LogP contribution in [0.25, 0.3) is 0 Å². The summed E-state index contributed by atoms with van der Waals surface area (Å²) in [5.41, 5.74) is 5.02. The quantitative estimate of drug-likeness (QED) is 0.591. The van der Waals surface area contributed by atoms with Gasteiger partial charge >= 0.3 is 0 Å². The SMILES string of the molecule is Cc1cccc(C2(C)CC2)c1C. The van der Waals surface area contributed by atoms with Gasteiger partial charge in [0.15, 0.2) is 0 Å². The molecule has 0 saturated heterocycles. The zero-order valence-electron chi connectivity index (χ0n) is 8.15. The van der Waals surface area contributed by atoms with Gasteiger partial charge in [0, 0.05) is 0 Å². The van der Waals surface area contributed by atoms with Crippen molar-refractivity contribution in [3.8, 4) is 0 Å². The molecule has 0 amide bonds. The summed E-state index contributed by atoms with van der Waals surface area (Å²) in [6, 6.07) is 6.67. The van der Waals surface area contributed by atoms with E-state index in [9.17, 15) is 0 Å². The molecule has 1 aromatic carbocycles. The summed E-state index contributed by atoms with van der Waals surface area (Å²) < 4.78 is 0. The topological polar surface area (TPSA) is 0 Å². The minimum Gasteiger partial charge on any atom is -0.0617 e. The van der Waals surface area contributed by atoms with E-state index < -0.39 is 0 Å². The van der Waals surface area contributed by atoms with Gasteiger partial charge in [-0.25, -0.2) is 0 Å². The van der Waals surface area contributed by atoms with Gasteiger partial charge in [0.25, 0.3) is 0 Å². The summed E-state index contributed by atoms with van der Waals surface area (Å²) in [5, 5.41) is 0. The van der Waals surface area contributed by atoms with E-state index in [-0.39, 0.29) is 0 Å². The normalized spacial score (nSPS) is 19.2. The standard InChI is InChI=1S/C12H16/c1-9-5-4-6-11(10(9)2)12(3)7-8-12/h4-6H,7-8H2,1-3H3. The molecule has 1 aliphatic carbocycles. The summed E-state index contributed by atoms with van der Waals surface area (Å²) in [7, 11) is 0. The van der Waals surface area contributed by atoms with E-state index in [4.69, 9.17) is 0 Å². The summed E-state index contributed by atoms with van der Waals surface area (Å²) in [6.07, 6.45) is 2.74. The van der Waals surface area contributed by atoms with Crippen molar-refractivity contribution in [1.29, 1.82) is 0 Å². The molecule has 64 valence electrons. The van der Waals surface area contributed by atoms with Gasteiger partial charge in [0.05, 0.1) is 0 Å². The van der Waals surface area contributed by atoms with Gasteiger partial charge in [-0.3, -0.25) is 0 Å². The van der Waals surface area contributed by atoms with E-state index in [0.29, 0.717) is 5.41 Å². The maximum Gasteiger partial charge on any atom is -0.00719 e. The maximum atomic E-state index is 2.37. The lowest BCUT2D eigenvalue weighted by Crippen LogP contribution is -2.03. The van der Waals surface area contributed by atoms with E-state index in [1.54, 1.807) is 5.56 Å². The molecular formula is C12H16. The van der Waals surface area contributed by atoms with Crippen LogP contribution >= 0.6 is 0 Å². The van der Waals surface area contributed by atoms with Crippen LogP contribution in [0.4, 0.5) is 0 Å². The average Bonchev–Trinajstić information content (AvgIpc) is 2.75. The summed E-state index contributed by atoms with van der Waals surface area (Å²) in [6.45, 7) is 6.81. The smallest absolute Gasteiger partial charge is 0.00719 e. The minimum atomic E-state index is 0.524. The van der Waals surface area contributed by atoms with Gasteiger partial charge in [-0.1, -0.05) is 25.1 Å². The van der Waals surface area contributed by atoms with Crippen LogP contribution < -0.4 is 0 Å². The first-order chi connectivity index (χ1) is 5.63. The Balaban J connectivity index is 2.51. The Labute approximate surface area is 74.6 Å². The molecule has 0 aromatic heterocycles. The van der Waals surface area contributed by atoms with Crippen molar-refractivity contribution in [2.75, 3.05) is 0 Å². The third kappa shape index (κ3) is 1.06. The Morgan fingerprint density at radius 3 is 2.42 bits per heavy atom. The summed E-state index contributed by atoms with van der Waals surface area (Å²) in [4.78, 5) is 0. The van der Waals surface area contributed by atoms with Crippen LogP contribution in [0.1, 0.15) is 36.5 Å². The molecule has 0 radical (unpaired) electrons. The Bertz CT molecular complexity index is 306. The molecular weight excluding hydrogens is 144 g/mol. The molecule has 1 saturated carbocycles. The third-order valence-corrected chi connectivity index (χ3v) is 3.25.